The Labute approximate surface area is 162 Å². The van der Waals surface area contributed by atoms with Crippen LogP contribution in [0.15, 0.2) is 18.2 Å². The van der Waals surface area contributed by atoms with Gasteiger partial charge in [0, 0.05) is 32.5 Å². The zero-order valence-corrected chi connectivity index (χ0v) is 17.6. The molecular formula is C16H18IN3O2S2. The number of methoxy groups -OCH3 is 1. The minimum atomic E-state index is -0.311. The van der Waals surface area contributed by atoms with Crippen LogP contribution in [0.3, 0.4) is 0 Å². The predicted octanol–water partition coefficient (Wildman–Crippen LogP) is 4.52. The van der Waals surface area contributed by atoms with Crippen molar-refractivity contribution < 1.29 is 9.53 Å². The monoisotopic (exact) mass is 475 g/mol. The molecule has 0 amide bonds. The molecule has 0 saturated heterocycles. The van der Waals surface area contributed by atoms with Crippen LogP contribution in [0.4, 0.5) is 5.69 Å². The Hall–Kier alpha value is -1.31. The quantitative estimate of drug-likeness (QED) is 0.399. The second-order valence-corrected chi connectivity index (χ2v) is 6.62. The lowest BCUT2D eigenvalue weighted by molar-refractivity contribution is -0.138. The minimum absolute atomic E-state index is 0.126. The Kier molecular flexibility index (Phi) is 9.75. The van der Waals surface area contributed by atoms with Gasteiger partial charge in [-0.3, -0.25) is 4.79 Å². The van der Waals surface area contributed by atoms with E-state index >= 15 is 0 Å². The van der Waals surface area contributed by atoms with Crippen LogP contribution in [0.1, 0.15) is 25.2 Å². The van der Waals surface area contributed by atoms with Gasteiger partial charge in [-0.25, -0.2) is 4.98 Å². The molecule has 1 heterocycles. The number of anilines is 1. The highest BCUT2D eigenvalue weighted by molar-refractivity contribution is 14.2. The first-order chi connectivity index (χ1) is 11.6. The average molecular weight is 475 g/mol. The number of halogens is 1. The summed E-state index contributed by atoms with van der Waals surface area (Å²) < 4.78 is 8.84. The number of esters is 1. The van der Waals surface area contributed by atoms with Crippen molar-refractivity contribution in [2.75, 3.05) is 19.0 Å². The van der Waals surface area contributed by atoms with Gasteiger partial charge in [0.2, 0.25) is 5.82 Å². The van der Waals surface area contributed by atoms with Crippen LogP contribution >= 0.6 is 41.7 Å². The second kappa shape index (κ2) is 11.3. The molecule has 0 aliphatic carbocycles. The first-order valence-electron chi connectivity index (χ1n) is 7.18. The molecule has 2 aromatic rings. The molecule has 0 unspecified atom stereocenters. The maximum Gasteiger partial charge on any atom is 0.325 e. The minimum Gasteiger partial charge on any atom is -0.468 e. The standard InChI is InChI=1S/C14H12IN3O2S2.C2H6/c1-9-3-4-10(7-11(9)16-8-13(19)20-2)14-17-12(18-22-14)5-6-21-15;1-2/h3-4,7,16H,8H2,1-2H3;1-2H3. The number of aromatic nitrogens is 2. The van der Waals surface area contributed by atoms with Crippen molar-refractivity contribution >= 4 is 53.3 Å². The third-order valence-electron chi connectivity index (χ3n) is 2.76. The van der Waals surface area contributed by atoms with Crippen molar-refractivity contribution in [1.29, 1.82) is 0 Å². The summed E-state index contributed by atoms with van der Waals surface area (Å²) in [5.41, 5.74) is 2.85. The van der Waals surface area contributed by atoms with E-state index in [0.29, 0.717) is 5.82 Å². The third-order valence-corrected chi connectivity index (χ3v) is 4.37. The fourth-order valence-corrected chi connectivity index (χ4v) is 2.72. The van der Waals surface area contributed by atoms with E-state index < -0.39 is 0 Å². The number of rotatable bonds is 4. The zero-order chi connectivity index (χ0) is 17.9. The summed E-state index contributed by atoms with van der Waals surface area (Å²) >= 11 is 3.40. The first kappa shape index (κ1) is 20.7. The molecule has 0 fully saturated rings. The summed E-state index contributed by atoms with van der Waals surface area (Å²) in [4.78, 5) is 15.6. The maximum atomic E-state index is 11.2. The molecular weight excluding hydrogens is 457 g/mol. The Balaban J connectivity index is 0.00000139. The van der Waals surface area contributed by atoms with Gasteiger partial charge in [-0.2, -0.15) is 4.37 Å². The smallest absolute Gasteiger partial charge is 0.325 e. The lowest BCUT2D eigenvalue weighted by Crippen LogP contribution is -2.15. The zero-order valence-electron chi connectivity index (χ0n) is 13.8. The number of nitrogens with zero attached hydrogens (tertiary/aromatic N) is 2. The topological polar surface area (TPSA) is 64.1 Å². The van der Waals surface area contributed by atoms with Crippen molar-refractivity contribution in [1.82, 2.24) is 9.36 Å². The van der Waals surface area contributed by atoms with E-state index in [0.717, 1.165) is 21.8 Å². The van der Waals surface area contributed by atoms with Gasteiger partial charge in [-0.15, -0.1) is 0 Å². The number of aryl methyl sites for hydroxylation is 1. The van der Waals surface area contributed by atoms with Gasteiger partial charge in [0.05, 0.1) is 7.11 Å². The van der Waals surface area contributed by atoms with Crippen LogP contribution in [0.25, 0.3) is 10.6 Å². The number of carbonyl (C=O) groups is 1. The van der Waals surface area contributed by atoms with Gasteiger partial charge in [0.1, 0.15) is 11.6 Å². The van der Waals surface area contributed by atoms with Gasteiger partial charge in [0.15, 0.2) is 0 Å². The number of benzene rings is 1. The highest BCUT2D eigenvalue weighted by atomic mass is 127. The van der Waals surface area contributed by atoms with Crippen LogP contribution in [0.5, 0.6) is 0 Å². The lowest BCUT2D eigenvalue weighted by atomic mass is 10.1. The van der Waals surface area contributed by atoms with Crippen molar-refractivity contribution in [2.45, 2.75) is 20.8 Å². The Morgan fingerprint density at radius 3 is 2.88 bits per heavy atom. The highest BCUT2D eigenvalue weighted by Crippen LogP contribution is 2.26. The van der Waals surface area contributed by atoms with E-state index in [1.807, 2.05) is 39.0 Å². The van der Waals surface area contributed by atoms with E-state index in [9.17, 15) is 4.79 Å². The molecule has 0 aliphatic rings. The van der Waals surface area contributed by atoms with Crippen LogP contribution in [-0.2, 0) is 9.53 Å². The molecule has 0 radical (unpaired) electrons. The largest absolute Gasteiger partial charge is 0.468 e. The fourth-order valence-electron chi connectivity index (χ4n) is 1.64. The third kappa shape index (κ3) is 6.30. The molecule has 0 aliphatic heterocycles. The SMILES string of the molecule is CC.COC(=O)CNc1cc(-c2nc(C#CSI)ns2)ccc1C. The van der Waals surface area contributed by atoms with Gasteiger partial charge in [-0.1, -0.05) is 26.0 Å². The summed E-state index contributed by atoms with van der Waals surface area (Å²) in [6.45, 7) is 6.10. The predicted molar refractivity (Wildman–Crippen MR) is 110 cm³/mol. The molecule has 1 aromatic carbocycles. The van der Waals surface area contributed by atoms with Crippen molar-refractivity contribution in [3.8, 4) is 21.7 Å². The maximum absolute atomic E-state index is 11.2. The summed E-state index contributed by atoms with van der Waals surface area (Å²) in [5.74, 6) is 3.09. The van der Waals surface area contributed by atoms with Crippen LogP contribution in [0, 0.1) is 18.1 Å². The molecule has 1 N–H and O–H groups in total. The number of ether oxygens (including phenoxy) is 1. The van der Waals surface area contributed by atoms with Crippen LogP contribution < -0.4 is 5.32 Å². The summed E-state index contributed by atoms with van der Waals surface area (Å²) in [6.07, 6.45) is 0. The molecule has 1 aromatic heterocycles. The molecule has 0 spiro atoms. The second-order valence-electron chi connectivity index (χ2n) is 4.19. The van der Waals surface area contributed by atoms with E-state index in [1.165, 1.54) is 27.6 Å². The van der Waals surface area contributed by atoms with Crippen molar-refractivity contribution in [2.24, 2.45) is 0 Å². The molecule has 128 valence electrons. The normalized spacial score (nSPS) is 9.21. The van der Waals surface area contributed by atoms with Gasteiger partial charge in [0.25, 0.3) is 0 Å². The summed E-state index contributed by atoms with van der Waals surface area (Å²) in [7, 11) is 2.76. The Morgan fingerprint density at radius 2 is 2.21 bits per heavy atom. The van der Waals surface area contributed by atoms with Crippen molar-refractivity contribution in [3.63, 3.8) is 0 Å². The average Bonchev–Trinajstić information content (AvgIpc) is 3.09. The molecule has 0 atom stereocenters. The molecule has 2 rings (SSSR count). The highest BCUT2D eigenvalue weighted by Gasteiger charge is 2.08. The lowest BCUT2D eigenvalue weighted by Gasteiger charge is -2.09. The summed E-state index contributed by atoms with van der Waals surface area (Å²) in [5, 5.41) is 6.72. The number of carbonyl (C=O) groups excluding carboxylic acids is 1. The summed E-state index contributed by atoms with van der Waals surface area (Å²) in [6, 6.07) is 5.90. The Morgan fingerprint density at radius 1 is 1.46 bits per heavy atom. The molecule has 0 bridgehead atoms. The van der Waals surface area contributed by atoms with E-state index in [4.69, 9.17) is 0 Å². The molecule has 8 heteroatoms. The fraction of sp³-hybridized carbons (Fsp3) is 0.312. The van der Waals surface area contributed by atoms with E-state index in [2.05, 4.69) is 51.8 Å². The van der Waals surface area contributed by atoms with Gasteiger partial charge >= 0.3 is 5.97 Å². The van der Waals surface area contributed by atoms with Crippen molar-refractivity contribution in [3.05, 3.63) is 29.6 Å². The van der Waals surface area contributed by atoms with E-state index in [-0.39, 0.29) is 12.5 Å². The number of nitrogens with one attached hydrogen (secondary N) is 1. The number of hydrogen-bond acceptors (Lipinski definition) is 7. The van der Waals surface area contributed by atoms with Gasteiger partial charge in [-0.05, 0) is 50.2 Å². The Bertz CT molecular complexity index is 738. The molecule has 0 saturated carbocycles. The van der Waals surface area contributed by atoms with Gasteiger partial charge < -0.3 is 10.1 Å². The van der Waals surface area contributed by atoms with E-state index in [1.54, 1.807) is 0 Å². The van der Waals surface area contributed by atoms with Crippen LogP contribution in [-0.4, -0.2) is 29.0 Å². The van der Waals surface area contributed by atoms with Crippen LogP contribution in [0.2, 0.25) is 0 Å². The first-order valence-corrected chi connectivity index (χ1v) is 11.3. The number of hydrogen-bond donors (Lipinski definition) is 1. The molecule has 5 nitrogen and oxygen atoms in total. The molecule has 24 heavy (non-hydrogen) atoms.